The van der Waals surface area contributed by atoms with Gasteiger partial charge in [-0.3, -0.25) is 0 Å². The Balaban J connectivity index is 3.56. The van der Waals surface area contributed by atoms with Crippen molar-refractivity contribution >= 4 is 5.97 Å². The van der Waals surface area contributed by atoms with Crippen LogP contribution in [0.4, 0.5) is 0 Å². The molecule has 0 spiro atoms. The lowest BCUT2D eigenvalue weighted by Gasteiger charge is -2.10. The highest BCUT2D eigenvalue weighted by Gasteiger charge is 2.03. The van der Waals surface area contributed by atoms with Gasteiger partial charge in [-0.15, -0.1) is 0 Å². The van der Waals surface area contributed by atoms with E-state index in [9.17, 15) is 4.79 Å². The number of rotatable bonds is 6. The Hall–Kier alpha value is -1.25. The average Bonchev–Trinajstić information content (AvgIpc) is 2.12. The van der Waals surface area contributed by atoms with Crippen molar-refractivity contribution in [1.82, 2.24) is 0 Å². The summed E-state index contributed by atoms with van der Waals surface area (Å²) in [4.78, 5) is 10.7. The smallest absolute Gasteiger partial charge is 0.333 e. The van der Waals surface area contributed by atoms with E-state index in [1.165, 1.54) is 0 Å². The van der Waals surface area contributed by atoms with Crippen molar-refractivity contribution in [3.63, 3.8) is 0 Å². The average molecular weight is 184 g/mol. The molecule has 0 fully saturated rings. The van der Waals surface area contributed by atoms with E-state index in [1.807, 2.05) is 6.08 Å². The van der Waals surface area contributed by atoms with Gasteiger partial charge in [0.1, 0.15) is 0 Å². The SMILES string of the molecule is C=CC(=O)OC(C)O/C=C/CCC. The molecule has 0 aromatic carbocycles. The summed E-state index contributed by atoms with van der Waals surface area (Å²) in [5.41, 5.74) is 0. The molecule has 74 valence electrons. The summed E-state index contributed by atoms with van der Waals surface area (Å²) in [6.07, 6.45) is 6.01. The van der Waals surface area contributed by atoms with Gasteiger partial charge in [0.2, 0.25) is 6.29 Å². The molecule has 0 saturated carbocycles. The van der Waals surface area contributed by atoms with Crippen molar-refractivity contribution in [3.8, 4) is 0 Å². The molecule has 0 aliphatic rings. The van der Waals surface area contributed by atoms with Crippen LogP contribution in [0.1, 0.15) is 26.7 Å². The van der Waals surface area contributed by atoms with Crippen molar-refractivity contribution in [3.05, 3.63) is 25.0 Å². The van der Waals surface area contributed by atoms with Crippen LogP contribution in [-0.2, 0) is 14.3 Å². The van der Waals surface area contributed by atoms with Crippen LogP contribution >= 0.6 is 0 Å². The predicted octanol–water partition coefficient (Wildman–Crippen LogP) is 2.39. The second-order valence-electron chi connectivity index (χ2n) is 2.51. The fourth-order valence-corrected chi connectivity index (χ4v) is 0.640. The highest BCUT2D eigenvalue weighted by Crippen LogP contribution is 1.97. The van der Waals surface area contributed by atoms with E-state index < -0.39 is 12.3 Å². The van der Waals surface area contributed by atoms with Gasteiger partial charge in [-0.25, -0.2) is 4.79 Å². The van der Waals surface area contributed by atoms with E-state index in [0.717, 1.165) is 18.9 Å². The number of esters is 1. The summed E-state index contributed by atoms with van der Waals surface area (Å²) in [7, 11) is 0. The Bertz CT molecular complexity index is 185. The standard InChI is InChI=1S/C10H16O3/c1-4-6-7-8-12-9(3)13-10(11)5-2/h5,7-9H,2,4,6H2,1,3H3/b8-7+. The third-order valence-corrected chi connectivity index (χ3v) is 1.27. The molecule has 0 amide bonds. The number of ether oxygens (including phenoxy) is 2. The van der Waals surface area contributed by atoms with Crippen LogP contribution in [0, 0.1) is 0 Å². The second-order valence-corrected chi connectivity index (χ2v) is 2.51. The Morgan fingerprint density at radius 2 is 2.31 bits per heavy atom. The molecule has 3 heteroatoms. The molecule has 0 rings (SSSR count). The molecule has 0 radical (unpaired) electrons. The predicted molar refractivity (Wildman–Crippen MR) is 50.9 cm³/mol. The summed E-state index contributed by atoms with van der Waals surface area (Å²) < 4.78 is 9.79. The minimum absolute atomic E-state index is 0.476. The number of hydrogen-bond acceptors (Lipinski definition) is 3. The summed E-state index contributed by atoms with van der Waals surface area (Å²) in [5, 5.41) is 0. The summed E-state index contributed by atoms with van der Waals surface area (Å²) in [5.74, 6) is -0.476. The van der Waals surface area contributed by atoms with Gasteiger partial charge in [0.25, 0.3) is 0 Å². The van der Waals surface area contributed by atoms with Crippen LogP contribution in [0.15, 0.2) is 25.0 Å². The maximum Gasteiger partial charge on any atom is 0.333 e. The minimum Gasteiger partial charge on any atom is -0.463 e. The maximum absolute atomic E-state index is 10.7. The van der Waals surface area contributed by atoms with E-state index in [4.69, 9.17) is 9.47 Å². The number of carbonyl (C=O) groups is 1. The molecule has 0 heterocycles. The van der Waals surface area contributed by atoms with Gasteiger partial charge < -0.3 is 9.47 Å². The fraction of sp³-hybridized carbons (Fsp3) is 0.500. The normalized spacial score (nSPS) is 12.5. The van der Waals surface area contributed by atoms with Crippen LogP contribution in [0.3, 0.4) is 0 Å². The summed E-state index contributed by atoms with van der Waals surface area (Å²) in [6, 6.07) is 0. The zero-order valence-electron chi connectivity index (χ0n) is 8.16. The Labute approximate surface area is 79.0 Å². The zero-order chi connectivity index (χ0) is 10.1. The lowest BCUT2D eigenvalue weighted by atomic mass is 10.3. The summed E-state index contributed by atoms with van der Waals surface area (Å²) in [6.45, 7) is 7.00. The van der Waals surface area contributed by atoms with Crippen molar-refractivity contribution < 1.29 is 14.3 Å². The first kappa shape index (κ1) is 11.8. The van der Waals surface area contributed by atoms with Crippen LogP contribution < -0.4 is 0 Å². The Kier molecular flexibility index (Phi) is 6.69. The van der Waals surface area contributed by atoms with E-state index in [1.54, 1.807) is 13.2 Å². The maximum atomic E-state index is 10.7. The molecule has 1 unspecified atom stereocenters. The van der Waals surface area contributed by atoms with Gasteiger partial charge in [0.15, 0.2) is 0 Å². The van der Waals surface area contributed by atoms with Gasteiger partial charge in [0.05, 0.1) is 6.26 Å². The van der Waals surface area contributed by atoms with E-state index >= 15 is 0 Å². The van der Waals surface area contributed by atoms with E-state index in [0.29, 0.717) is 0 Å². The van der Waals surface area contributed by atoms with Crippen LogP contribution in [0.25, 0.3) is 0 Å². The number of allylic oxidation sites excluding steroid dienone is 1. The number of unbranched alkanes of at least 4 members (excludes halogenated alkanes) is 1. The van der Waals surface area contributed by atoms with Crippen LogP contribution in [-0.4, -0.2) is 12.3 Å². The zero-order valence-corrected chi connectivity index (χ0v) is 8.16. The molecule has 0 bridgehead atoms. The molecule has 0 aliphatic carbocycles. The second kappa shape index (κ2) is 7.40. The molecule has 0 saturated heterocycles. The molecular formula is C10H16O3. The lowest BCUT2D eigenvalue weighted by Crippen LogP contribution is -2.13. The fourth-order valence-electron chi connectivity index (χ4n) is 0.640. The van der Waals surface area contributed by atoms with Crippen molar-refractivity contribution in [2.75, 3.05) is 0 Å². The van der Waals surface area contributed by atoms with Gasteiger partial charge in [0, 0.05) is 13.0 Å². The highest BCUT2D eigenvalue weighted by molar-refractivity contribution is 5.81. The number of hydrogen-bond donors (Lipinski definition) is 0. The third-order valence-electron chi connectivity index (χ3n) is 1.27. The topological polar surface area (TPSA) is 35.5 Å². The molecular weight excluding hydrogens is 168 g/mol. The van der Waals surface area contributed by atoms with Gasteiger partial charge >= 0.3 is 5.97 Å². The first-order valence-electron chi connectivity index (χ1n) is 4.34. The highest BCUT2D eigenvalue weighted by atomic mass is 16.7. The van der Waals surface area contributed by atoms with Crippen molar-refractivity contribution in [2.45, 2.75) is 33.0 Å². The lowest BCUT2D eigenvalue weighted by molar-refractivity contribution is -0.159. The van der Waals surface area contributed by atoms with E-state index in [-0.39, 0.29) is 0 Å². The van der Waals surface area contributed by atoms with Crippen LogP contribution in [0.5, 0.6) is 0 Å². The Morgan fingerprint density at radius 3 is 2.85 bits per heavy atom. The molecule has 0 aromatic rings. The van der Waals surface area contributed by atoms with Gasteiger partial charge in [-0.1, -0.05) is 19.9 Å². The minimum atomic E-state index is -0.557. The quantitative estimate of drug-likeness (QED) is 0.275. The van der Waals surface area contributed by atoms with Gasteiger partial charge in [-0.2, -0.15) is 0 Å². The molecule has 0 aliphatic heterocycles. The molecule has 13 heavy (non-hydrogen) atoms. The van der Waals surface area contributed by atoms with Crippen LogP contribution in [0.2, 0.25) is 0 Å². The summed E-state index contributed by atoms with van der Waals surface area (Å²) >= 11 is 0. The molecule has 0 aromatic heterocycles. The Morgan fingerprint density at radius 1 is 1.62 bits per heavy atom. The molecule has 1 atom stereocenters. The largest absolute Gasteiger partial charge is 0.463 e. The molecule has 0 N–H and O–H groups in total. The van der Waals surface area contributed by atoms with E-state index in [2.05, 4.69) is 13.5 Å². The monoisotopic (exact) mass is 184 g/mol. The van der Waals surface area contributed by atoms with Gasteiger partial charge in [-0.05, 0) is 12.5 Å². The van der Waals surface area contributed by atoms with Crippen molar-refractivity contribution in [2.24, 2.45) is 0 Å². The molecule has 3 nitrogen and oxygen atoms in total. The first-order chi connectivity index (χ1) is 6.20. The first-order valence-corrected chi connectivity index (χ1v) is 4.34. The van der Waals surface area contributed by atoms with Crippen molar-refractivity contribution in [1.29, 1.82) is 0 Å². The number of carbonyl (C=O) groups excluding carboxylic acids is 1. The third kappa shape index (κ3) is 7.12.